The van der Waals surface area contributed by atoms with Gasteiger partial charge in [-0.3, -0.25) is 14.9 Å². The average molecular weight is 335 g/mol. The summed E-state index contributed by atoms with van der Waals surface area (Å²) in [5.74, 6) is -0.0911. The van der Waals surface area contributed by atoms with Crippen molar-refractivity contribution in [3.8, 4) is 10.8 Å². The van der Waals surface area contributed by atoms with E-state index in [4.69, 9.17) is 4.52 Å². The quantitative estimate of drug-likeness (QED) is 0.742. The zero-order valence-corrected chi connectivity index (χ0v) is 12.7. The minimum atomic E-state index is -0.773. The fraction of sp³-hybridized carbons (Fsp3) is 0.308. The third kappa shape index (κ3) is 3.72. The Morgan fingerprint density at radius 2 is 2.35 bits per heavy atom. The average Bonchev–Trinajstić information content (AvgIpc) is 3.16. The molecule has 3 rings (SSSR count). The highest BCUT2D eigenvalue weighted by molar-refractivity contribution is 7.13. The molecule has 4 amide bonds. The van der Waals surface area contributed by atoms with Crippen LogP contribution in [0.15, 0.2) is 22.0 Å². The second kappa shape index (κ2) is 6.57. The molecule has 10 heteroatoms. The van der Waals surface area contributed by atoms with Gasteiger partial charge in [0.05, 0.1) is 11.4 Å². The summed E-state index contributed by atoms with van der Waals surface area (Å²) in [4.78, 5) is 39.7. The Kier molecular flexibility index (Phi) is 4.33. The SMILES string of the molecule is O=C1CC[C@@H](C(=O)NCc2noc(-c3cccs3)n2)NC(=O)N1. The van der Waals surface area contributed by atoms with Crippen LogP contribution < -0.4 is 16.0 Å². The van der Waals surface area contributed by atoms with Crippen molar-refractivity contribution in [2.24, 2.45) is 0 Å². The normalized spacial score (nSPS) is 18.0. The topological polar surface area (TPSA) is 126 Å². The fourth-order valence-corrected chi connectivity index (χ4v) is 2.69. The molecule has 2 aromatic rings. The summed E-state index contributed by atoms with van der Waals surface area (Å²) in [6.45, 7) is 0.0709. The molecule has 0 radical (unpaired) electrons. The largest absolute Gasteiger partial charge is 0.347 e. The van der Waals surface area contributed by atoms with Crippen molar-refractivity contribution in [1.82, 2.24) is 26.1 Å². The highest BCUT2D eigenvalue weighted by atomic mass is 32.1. The van der Waals surface area contributed by atoms with Crippen molar-refractivity contribution >= 4 is 29.2 Å². The first-order chi connectivity index (χ1) is 11.1. The van der Waals surface area contributed by atoms with E-state index < -0.39 is 23.9 Å². The Morgan fingerprint density at radius 3 is 3.13 bits per heavy atom. The molecule has 0 bridgehead atoms. The van der Waals surface area contributed by atoms with Crippen LogP contribution in [0, 0.1) is 0 Å². The number of hydrogen-bond donors (Lipinski definition) is 3. The number of hydrogen-bond acceptors (Lipinski definition) is 7. The Labute approximate surface area is 134 Å². The minimum absolute atomic E-state index is 0.0709. The summed E-state index contributed by atoms with van der Waals surface area (Å²) in [5.41, 5.74) is 0. The smallest absolute Gasteiger partial charge is 0.322 e. The lowest BCUT2D eigenvalue weighted by Gasteiger charge is -2.13. The maximum Gasteiger partial charge on any atom is 0.322 e. The molecule has 9 nitrogen and oxygen atoms in total. The number of amides is 4. The van der Waals surface area contributed by atoms with Crippen molar-refractivity contribution in [3.63, 3.8) is 0 Å². The number of rotatable bonds is 4. The number of nitrogens with one attached hydrogen (secondary N) is 3. The lowest BCUT2D eigenvalue weighted by Crippen LogP contribution is -2.48. The first-order valence-corrected chi connectivity index (χ1v) is 7.74. The molecular weight excluding hydrogens is 322 g/mol. The Balaban J connectivity index is 1.56. The maximum absolute atomic E-state index is 12.1. The second-order valence-corrected chi connectivity index (χ2v) is 5.77. The molecule has 3 N–H and O–H groups in total. The van der Waals surface area contributed by atoms with E-state index in [2.05, 4.69) is 26.1 Å². The lowest BCUT2D eigenvalue weighted by molar-refractivity contribution is -0.123. The standard InChI is InChI=1S/C13H13N5O4S/c19-10-4-3-7(15-13(21)17-10)11(20)14-6-9-16-12(22-18-9)8-2-1-5-23-8/h1-2,5,7H,3-4,6H2,(H,14,20)(H2,15,17,19,21)/t7-/m0/s1. The van der Waals surface area contributed by atoms with E-state index in [0.717, 1.165) is 4.88 Å². The summed E-state index contributed by atoms with van der Waals surface area (Å²) >= 11 is 1.47. The van der Waals surface area contributed by atoms with Crippen LogP contribution in [0.25, 0.3) is 10.8 Å². The third-order valence-corrected chi connectivity index (χ3v) is 4.01. The highest BCUT2D eigenvalue weighted by Gasteiger charge is 2.26. The molecule has 0 aromatic carbocycles. The van der Waals surface area contributed by atoms with Crippen LogP contribution in [0.2, 0.25) is 0 Å². The van der Waals surface area contributed by atoms with Gasteiger partial charge in [-0.15, -0.1) is 11.3 Å². The van der Waals surface area contributed by atoms with Gasteiger partial charge in [-0.05, 0) is 17.9 Å². The van der Waals surface area contributed by atoms with Crippen LogP contribution in [0.4, 0.5) is 4.79 Å². The van der Waals surface area contributed by atoms with Gasteiger partial charge in [-0.25, -0.2) is 4.79 Å². The highest BCUT2D eigenvalue weighted by Crippen LogP contribution is 2.22. The Hall–Kier alpha value is -2.75. The van der Waals surface area contributed by atoms with Crippen LogP contribution in [0.1, 0.15) is 18.7 Å². The monoisotopic (exact) mass is 335 g/mol. The van der Waals surface area contributed by atoms with Gasteiger partial charge in [0.15, 0.2) is 5.82 Å². The van der Waals surface area contributed by atoms with Crippen molar-refractivity contribution < 1.29 is 18.9 Å². The van der Waals surface area contributed by atoms with E-state index in [1.54, 1.807) is 0 Å². The first-order valence-electron chi connectivity index (χ1n) is 6.86. The molecule has 0 unspecified atom stereocenters. The van der Waals surface area contributed by atoms with Crippen LogP contribution in [0.3, 0.4) is 0 Å². The molecular formula is C13H13N5O4S. The molecule has 0 saturated carbocycles. The van der Waals surface area contributed by atoms with Gasteiger partial charge >= 0.3 is 6.03 Å². The predicted octanol–water partition coefficient (Wildman–Crippen LogP) is 0.402. The van der Waals surface area contributed by atoms with Gasteiger partial charge in [0.25, 0.3) is 5.89 Å². The number of carbonyl (C=O) groups excluding carboxylic acids is 3. The van der Waals surface area contributed by atoms with Crippen molar-refractivity contribution in [2.75, 3.05) is 0 Å². The Bertz CT molecular complexity index is 727. The number of imide groups is 1. The summed E-state index contributed by atoms with van der Waals surface area (Å²) in [5, 5.41) is 12.8. The summed E-state index contributed by atoms with van der Waals surface area (Å²) in [6.07, 6.45) is 0.331. The van der Waals surface area contributed by atoms with Gasteiger partial charge in [-0.1, -0.05) is 11.2 Å². The molecule has 1 aliphatic heterocycles. The van der Waals surface area contributed by atoms with Gasteiger partial charge in [0, 0.05) is 6.42 Å². The van der Waals surface area contributed by atoms with E-state index in [9.17, 15) is 14.4 Å². The molecule has 2 aromatic heterocycles. The molecule has 23 heavy (non-hydrogen) atoms. The van der Waals surface area contributed by atoms with E-state index >= 15 is 0 Å². The first kappa shape index (κ1) is 15.2. The molecule has 3 heterocycles. The van der Waals surface area contributed by atoms with E-state index in [-0.39, 0.29) is 19.4 Å². The molecule has 120 valence electrons. The van der Waals surface area contributed by atoms with E-state index in [0.29, 0.717) is 11.7 Å². The van der Waals surface area contributed by atoms with Gasteiger partial charge in [0.1, 0.15) is 6.04 Å². The summed E-state index contributed by atoms with van der Waals surface area (Å²) in [6, 6.07) is 2.28. The van der Waals surface area contributed by atoms with Gasteiger partial charge in [-0.2, -0.15) is 4.98 Å². The van der Waals surface area contributed by atoms with Crippen LogP contribution >= 0.6 is 11.3 Å². The minimum Gasteiger partial charge on any atom is -0.347 e. The van der Waals surface area contributed by atoms with Crippen LogP contribution in [-0.2, 0) is 16.1 Å². The second-order valence-electron chi connectivity index (χ2n) is 4.82. The number of nitrogens with zero attached hydrogens (tertiary/aromatic N) is 2. The zero-order valence-electron chi connectivity index (χ0n) is 11.9. The van der Waals surface area contributed by atoms with Crippen molar-refractivity contribution in [2.45, 2.75) is 25.4 Å². The van der Waals surface area contributed by atoms with E-state index in [1.807, 2.05) is 17.5 Å². The number of carbonyl (C=O) groups is 3. The Morgan fingerprint density at radius 1 is 1.48 bits per heavy atom. The zero-order chi connectivity index (χ0) is 16.2. The fourth-order valence-electron chi connectivity index (χ4n) is 2.04. The number of aromatic nitrogens is 2. The maximum atomic E-state index is 12.1. The van der Waals surface area contributed by atoms with Gasteiger partial charge in [0.2, 0.25) is 11.8 Å². The molecule has 0 aliphatic carbocycles. The predicted molar refractivity (Wildman–Crippen MR) is 79.2 cm³/mol. The summed E-state index contributed by atoms with van der Waals surface area (Å²) < 4.78 is 5.11. The molecule has 1 saturated heterocycles. The van der Waals surface area contributed by atoms with Gasteiger partial charge < -0.3 is 15.2 Å². The van der Waals surface area contributed by atoms with Crippen molar-refractivity contribution in [1.29, 1.82) is 0 Å². The molecule has 1 atom stereocenters. The van der Waals surface area contributed by atoms with Crippen LogP contribution in [-0.4, -0.2) is 34.0 Å². The number of thiophene rings is 1. The molecule has 1 fully saturated rings. The third-order valence-electron chi connectivity index (χ3n) is 3.16. The summed E-state index contributed by atoms with van der Waals surface area (Å²) in [7, 11) is 0. The van der Waals surface area contributed by atoms with Crippen LogP contribution in [0.5, 0.6) is 0 Å². The molecule has 0 spiro atoms. The molecule has 1 aliphatic rings. The van der Waals surface area contributed by atoms with E-state index in [1.165, 1.54) is 11.3 Å². The lowest BCUT2D eigenvalue weighted by atomic mass is 10.1. The van der Waals surface area contributed by atoms with Crippen molar-refractivity contribution in [3.05, 3.63) is 23.3 Å². The number of urea groups is 1.